The van der Waals surface area contributed by atoms with E-state index in [1.807, 2.05) is 0 Å². The zero-order chi connectivity index (χ0) is 14.3. The molecule has 2 N–H and O–H groups in total. The van der Waals surface area contributed by atoms with E-state index >= 15 is 0 Å². The zero-order valence-corrected chi connectivity index (χ0v) is 7.28. The Kier molecular flexibility index (Phi) is 4.04. The molecule has 0 bridgehead atoms. The lowest BCUT2D eigenvalue weighted by Crippen LogP contribution is -2.62. The predicted molar refractivity (Wildman–Crippen MR) is 32.2 cm³/mol. The standard InChI is InChI=1S/C4H2BF9O3/c6-1(7,3(10,11)12)2(8,9)4(13,14)17-5(15)16/h15-16H. The normalized spacial score (nSPS) is 15.0. The van der Waals surface area contributed by atoms with Crippen LogP contribution >= 0.6 is 0 Å². The van der Waals surface area contributed by atoms with E-state index in [4.69, 9.17) is 10.0 Å². The summed E-state index contributed by atoms with van der Waals surface area (Å²) in [5.74, 6) is -14.2. The first-order valence-corrected chi connectivity index (χ1v) is 3.41. The van der Waals surface area contributed by atoms with Gasteiger partial charge in [-0.3, -0.25) is 0 Å². The van der Waals surface area contributed by atoms with Crippen LogP contribution in [0.3, 0.4) is 0 Å². The topological polar surface area (TPSA) is 49.7 Å². The lowest BCUT2D eigenvalue weighted by atomic mass is 10.1. The van der Waals surface area contributed by atoms with Gasteiger partial charge in [-0.15, -0.1) is 0 Å². The van der Waals surface area contributed by atoms with Crippen LogP contribution in [0.5, 0.6) is 0 Å². The molecular formula is C4H2BF9O3. The van der Waals surface area contributed by atoms with Gasteiger partial charge in [-0.2, -0.15) is 39.5 Å². The van der Waals surface area contributed by atoms with Crippen LogP contribution in [0.1, 0.15) is 0 Å². The second kappa shape index (κ2) is 4.21. The molecule has 0 aromatic rings. The van der Waals surface area contributed by atoms with Gasteiger partial charge in [0.05, 0.1) is 0 Å². The minimum absolute atomic E-state index is 2.23. The molecule has 0 aromatic heterocycles. The van der Waals surface area contributed by atoms with Crippen LogP contribution in [-0.4, -0.2) is 41.5 Å². The highest BCUT2D eigenvalue weighted by Crippen LogP contribution is 2.53. The summed E-state index contributed by atoms with van der Waals surface area (Å²) in [5.41, 5.74) is 0. The number of halogens is 9. The number of hydrogen-bond acceptors (Lipinski definition) is 3. The summed E-state index contributed by atoms with van der Waals surface area (Å²) in [6.45, 7) is 0. The quantitative estimate of drug-likeness (QED) is 0.604. The van der Waals surface area contributed by atoms with Crippen molar-refractivity contribution in [1.29, 1.82) is 0 Å². The van der Waals surface area contributed by atoms with Gasteiger partial charge in [0.15, 0.2) is 0 Å². The highest BCUT2D eigenvalue weighted by atomic mass is 19.4. The highest BCUT2D eigenvalue weighted by Gasteiger charge is 2.83. The van der Waals surface area contributed by atoms with E-state index in [0.717, 1.165) is 0 Å². The van der Waals surface area contributed by atoms with E-state index in [1.54, 1.807) is 0 Å². The molecule has 0 spiro atoms. The molecule has 13 heteroatoms. The first kappa shape index (κ1) is 16.3. The van der Waals surface area contributed by atoms with E-state index in [9.17, 15) is 39.5 Å². The van der Waals surface area contributed by atoms with E-state index in [1.165, 1.54) is 0 Å². The average molecular weight is 280 g/mol. The lowest BCUT2D eigenvalue weighted by molar-refractivity contribution is -0.432. The summed E-state index contributed by atoms with van der Waals surface area (Å²) in [7, 11) is -3.67. The molecule has 0 radical (unpaired) electrons. The SMILES string of the molecule is OB(O)OC(F)(F)C(F)(F)C(F)(F)C(F)(F)F. The van der Waals surface area contributed by atoms with Gasteiger partial charge >= 0.3 is 31.5 Å². The van der Waals surface area contributed by atoms with Gasteiger partial charge in [0, 0.05) is 0 Å². The minimum Gasteiger partial charge on any atom is -0.402 e. The van der Waals surface area contributed by atoms with Crippen molar-refractivity contribution in [3.8, 4) is 0 Å². The van der Waals surface area contributed by atoms with E-state index < -0.39 is 31.5 Å². The molecular weight excluding hydrogens is 278 g/mol. The molecule has 0 rings (SSSR count). The second-order valence-electron chi connectivity index (χ2n) is 2.61. The molecule has 0 aromatic carbocycles. The van der Waals surface area contributed by atoms with Gasteiger partial charge in [0.1, 0.15) is 0 Å². The maximum absolute atomic E-state index is 12.3. The Labute approximate surface area is 87.0 Å². The summed E-state index contributed by atoms with van der Waals surface area (Å²) in [6, 6.07) is 0. The first-order valence-electron chi connectivity index (χ1n) is 3.41. The van der Waals surface area contributed by atoms with Crippen LogP contribution in [-0.2, 0) is 4.65 Å². The van der Waals surface area contributed by atoms with Crippen molar-refractivity contribution in [2.24, 2.45) is 0 Å². The van der Waals surface area contributed by atoms with Gasteiger partial charge < -0.3 is 14.7 Å². The van der Waals surface area contributed by atoms with Crippen molar-refractivity contribution in [1.82, 2.24) is 0 Å². The molecule has 102 valence electrons. The molecule has 0 aliphatic carbocycles. The number of alkyl halides is 9. The molecule has 0 saturated heterocycles. The van der Waals surface area contributed by atoms with Gasteiger partial charge in [0.2, 0.25) is 0 Å². The summed E-state index contributed by atoms with van der Waals surface area (Å²) in [6.07, 6.45) is -13.4. The Morgan fingerprint density at radius 2 is 1.06 bits per heavy atom. The van der Waals surface area contributed by atoms with Gasteiger partial charge in [0.25, 0.3) is 0 Å². The monoisotopic (exact) mass is 280 g/mol. The Hall–Kier alpha value is -0.685. The van der Waals surface area contributed by atoms with E-state index in [2.05, 4.69) is 4.65 Å². The maximum atomic E-state index is 12.3. The smallest absolute Gasteiger partial charge is 0.402 e. The van der Waals surface area contributed by atoms with Crippen molar-refractivity contribution in [3.05, 3.63) is 0 Å². The van der Waals surface area contributed by atoms with Crippen LogP contribution in [0.2, 0.25) is 0 Å². The molecule has 3 nitrogen and oxygen atoms in total. The van der Waals surface area contributed by atoms with Gasteiger partial charge in [-0.25, -0.2) is 0 Å². The third-order valence-electron chi connectivity index (χ3n) is 1.37. The lowest BCUT2D eigenvalue weighted by Gasteiger charge is -2.32. The van der Waals surface area contributed by atoms with Crippen molar-refractivity contribution in [3.63, 3.8) is 0 Å². The first-order chi connectivity index (χ1) is 7.17. The van der Waals surface area contributed by atoms with Crippen molar-refractivity contribution in [2.45, 2.75) is 24.1 Å². The molecule has 0 unspecified atom stereocenters. The van der Waals surface area contributed by atoms with Crippen LogP contribution < -0.4 is 0 Å². The Bertz CT molecular complexity index is 274. The van der Waals surface area contributed by atoms with E-state index in [0.29, 0.717) is 0 Å². The summed E-state index contributed by atoms with van der Waals surface area (Å²) >= 11 is 0. The fourth-order valence-electron chi connectivity index (χ4n) is 0.567. The zero-order valence-electron chi connectivity index (χ0n) is 7.28. The minimum atomic E-state index is -7.13. The fraction of sp³-hybridized carbons (Fsp3) is 1.00. The fourth-order valence-corrected chi connectivity index (χ4v) is 0.567. The van der Waals surface area contributed by atoms with E-state index in [-0.39, 0.29) is 0 Å². The van der Waals surface area contributed by atoms with Gasteiger partial charge in [-0.1, -0.05) is 0 Å². The van der Waals surface area contributed by atoms with Crippen LogP contribution in [0, 0.1) is 0 Å². The number of hydrogen-bond donors (Lipinski definition) is 2. The van der Waals surface area contributed by atoms with Crippen molar-refractivity contribution in [2.75, 3.05) is 0 Å². The third-order valence-corrected chi connectivity index (χ3v) is 1.37. The van der Waals surface area contributed by atoms with Crippen LogP contribution in [0.15, 0.2) is 0 Å². The summed E-state index contributed by atoms with van der Waals surface area (Å²) in [4.78, 5) is 0. The maximum Gasteiger partial charge on any atom is 0.638 e. The predicted octanol–water partition coefficient (Wildman–Crippen LogP) is 1.40. The third kappa shape index (κ3) is 2.77. The Morgan fingerprint density at radius 1 is 0.706 bits per heavy atom. The largest absolute Gasteiger partial charge is 0.638 e. The van der Waals surface area contributed by atoms with Crippen molar-refractivity contribution < 1.29 is 54.2 Å². The number of rotatable bonds is 4. The molecule has 0 aliphatic heterocycles. The molecule has 0 heterocycles. The Balaban J connectivity index is 5.39. The molecule has 0 atom stereocenters. The molecule has 0 saturated carbocycles. The second-order valence-corrected chi connectivity index (χ2v) is 2.61. The molecule has 0 fully saturated rings. The summed E-state index contributed by atoms with van der Waals surface area (Å²) in [5, 5.41) is 15.4. The average Bonchev–Trinajstić information content (AvgIpc) is 1.98. The van der Waals surface area contributed by atoms with Crippen molar-refractivity contribution >= 4 is 7.32 Å². The highest BCUT2D eigenvalue weighted by molar-refractivity contribution is 6.32. The molecule has 0 aliphatic rings. The van der Waals surface area contributed by atoms with Crippen LogP contribution in [0.25, 0.3) is 0 Å². The van der Waals surface area contributed by atoms with Gasteiger partial charge in [-0.05, 0) is 0 Å². The summed E-state index contributed by atoms with van der Waals surface area (Å²) < 4.78 is 110. The van der Waals surface area contributed by atoms with Crippen LogP contribution in [0.4, 0.5) is 39.5 Å². The Morgan fingerprint density at radius 3 is 1.29 bits per heavy atom. The molecule has 17 heavy (non-hydrogen) atoms. The molecule has 0 amide bonds.